The van der Waals surface area contributed by atoms with Crippen molar-refractivity contribution in [2.45, 2.75) is 0 Å². The first-order valence-corrected chi connectivity index (χ1v) is 7.29. The van der Waals surface area contributed by atoms with Gasteiger partial charge in [-0.05, 0) is 30.3 Å². The van der Waals surface area contributed by atoms with Gasteiger partial charge in [0.2, 0.25) is 0 Å². The molecule has 0 spiro atoms. The monoisotopic (exact) mass is 368 g/mol. The maximum Gasteiger partial charge on any atom is 0.340 e. The fourth-order valence-corrected chi connectivity index (χ4v) is 2.10. The van der Waals surface area contributed by atoms with E-state index in [1.165, 1.54) is 6.07 Å². The first kappa shape index (κ1) is 17.7. The molecule has 124 valence electrons. The molecule has 2 aromatic carbocycles. The number of hydrogen-bond donors (Lipinski definition) is 1. The Morgan fingerprint density at radius 3 is 2.38 bits per heavy atom. The van der Waals surface area contributed by atoms with Crippen LogP contribution in [-0.2, 0) is 9.53 Å². The number of esters is 1. The lowest BCUT2D eigenvalue weighted by atomic mass is 10.2. The third kappa shape index (κ3) is 4.68. The maximum absolute atomic E-state index is 11.9. The minimum absolute atomic E-state index is 0.0680. The van der Waals surface area contributed by atoms with Gasteiger partial charge in [0.25, 0.3) is 11.6 Å². The van der Waals surface area contributed by atoms with Gasteiger partial charge in [-0.1, -0.05) is 23.2 Å². The van der Waals surface area contributed by atoms with Gasteiger partial charge in [0, 0.05) is 22.8 Å². The predicted molar refractivity (Wildman–Crippen MR) is 88.5 cm³/mol. The zero-order valence-electron chi connectivity index (χ0n) is 12.0. The van der Waals surface area contributed by atoms with Gasteiger partial charge in [0.05, 0.1) is 15.5 Å². The van der Waals surface area contributed by atoms with E-state index in [-0.39, 0.29) is 16.3 Å². The third-order valence-electron chi connectivity index (χ3n) is 2.85. The van der Waals surface area contributed by atoms with Gasteiger partial charge < -0.3 is 10.1 Å². The van der Waals surface area contributed by atoms with Gasteiger partial charge in [-0.3, -0.25) is 14.9 Å². The number of nitrogens with zero attached hydrogens (tertiary/aromatic N) is 1. The molecule has 0 saturated carbocycles. The van der Waals surface area contributed by atoms with Crippen LogP contribution in [0.1, 0.15) is 10.4 Å². The van der Waals surface area contributed by atoms with Gasteiger partial charge in [0.15, 0.2) is 6.61 Å². The number of carbonyl (C=O) groups excluding carboxylic acids is 2. The Balaban J connectivity index is 1.94. The number of nitro benzene ring substituents is 1. The Morgan fingerprint density at radius 2 is 1.79 bits per heavy atom. The summed E-state index contributed by atoms with van der Waals surface area (Å²) in [4.78, 5) is 33.6. The zero-order chi connectivity index (χ0) is 17.7. The molecule has 7 nitrogen and oxygen atoms in total. The van der Waals surface area contributed by atoms with E-state index < -0.39 is 23.4 Å². The highest BCUT2D eigenvalue weighted by molar-refractivity contribution is 6.33. The fourth-order valence-electron chi connectivity index (χ4n) is 1.72. The average Bonchev–Trinajstić information content (AvgIpc) is 2.54. The van der Waals surface area contributed by atoms with Gasteiger partial charge in [-0.25, -0.2) is 4.79 Å². The van der Waals surface area contributed by atoms with E-state index >= 15 is 0 Å². The number of amides is 1. The molecule has 9 heteroatoms. The van der Waals surface area contributed by atoms with E-state index in [2.05, 4.69) is 5.32 Å². The normalized spacial score (nSPS) is 10.1. The summed E-state index contributed by atoms with van der Waals surface area (Å²) in [7, 11) is 0. The summed E-state index contributed by atoms with van der Waals surface area (Å²) in [5.41, 5.74) is 0.174. The van der Waals surface area contributed by atoms with E-state index in [0.29, 0.717) is 10.7 Å². The number of benzene rings is 2. The van der Waals surface area contributed by atoms with Crippen LogP contribution in [0.5, 0.6) is 0 Å². The Labute approximate surface area is 146 Å². The van der Waals surface area contributed by atoms with Crippen LogP contribution in [0.25, 0.3) is 0 Å². The zero-order valence-corrected chi connectivity index (χ0v) is 13.5. The average molecular weight is 369 g/mol. The molecule has 0 aliphatic carbocycles. The van der Waals surface area contributed by atoms with E-state index in [1.807, 2.05) is 0 Å². The van der Waals surface area contributed by atoms with Gasteiger partial charge in [0.1, 0.15) is 0 Å². The highest BCUT2D eigenvalue weighted by Gasteiger charge is 2.17. The fraction of sp³-hybridized carbons (Fsp3) is 0.0667. The number of carbonyl (C=O) groups is 2. The molecule has 1 N–H and O–H groups in total. The molecule has 0 radical (unpaired) electrons. The second-order valence-corrected chi connectivity index (χ2v) is 5.40. The molecule has 0 unspecified atom stereocenters. The van der Waals surface area contributed by atoms with Gasteiger partial charge in [-0.2, -0.15) is 0 Å². The summed E-state index contributed by atoms with van der Waals surface area (Å²) >= 11 is 11.5. The number of non-ortho nitro benzene ring substituents is 1. The molecule has 0 saturated heterocycles. The van der Waals surface area contributed by atoms with Crippen LogP contribution >= 0.6 is 23.2 Å². The smallest absolute Gasteiger partial charge is 0.340 e. The van der Waals surface area contributed by atoms with Crippen molar-refractivity contribution in [3.8, 4) is 0 Å². The standard InChI is InChI=1S/C15H10Cl2N2O5/c16-9-1-3-10(4-2-9)18-14(20)8-24-15(21)12-6-5-11(19(22)23)7-13(12)17/h1-7H,8H2,(H,18,20). The van der Waals surface area contributed by atoms with Crippen molar-refractivity contribution >= 4 is 46.5 Å². The minimum Gasteiger partial charge on any atom is -0.452 e. The quantitative estimate of drug-likeness (QED) is 0.492. The van der Waals surface area contributed by atoms with Crippen LogP contribution < -0.4 is 5.32 Å². The van der Waals surface area contributed by atoms with Crippen molar-refractivity contribution in [2.24, 2.45) is 0 Å². The molecule has 1 amide bonds. The summed E-state index contributed by atoms with van der Waals surface area (Å²) in [6, 6.07) is 9.70. The van der Waals surface area contributed by atoms with Crippen LogP contribution in [0.3, 0.4) is 0 Å². The van der Waals surface area contributed by atoms with Gasteiger partial charge >= 0.3 is 5.97 Å². The second-order valence-electron chi connectivity index (χ2n) is 4.55. The highest BCUT2D eigenvalue weighted by Crippen LogP contribution is 2.23. The first-order valence-electron chi connectivity index (χ1n) is 6.53. The lowest BCUT2D eigenvalue weighted by molar-refractivity contribution is -0.384. The summed E-state index contributed by atoms with van der Waals surface area (Å²) < 4.78 is 4.84. The largest absolute Gasteiger partial charge is 0.452 e. The van der Waals surface area contributed by atoms with Crippen LogP contribution in [0.15, 0.2) is 42.5 Å². The van der Waals surface area contributed by atoms with Crippen LogP contribution in [-0.4, -0.2) is 23.4 Å². The number of nitro groups is 1. The Morgan fingerprint density at radius 1 is 1.12 bits per heavy atom. The van der Waals surface area contributed by atoms with Crippen molar-refractivity contribution in [3.63, 3.8) is 0 Å². The summed E-state index contributed by atoms with van der Waals surface area (Å²) in [6.45, 7) is -0.533. The highest BCUT2D eigenvalue weighted by atomic mass is 35.5. The molecule has 0 aliphatic heterocycles. The molecule has 0 bridgehead atoms. The van der Waals surface area contributed by atoms with Crippen molar-refractivity contribution in [1.29, 1.82) is 0 Å². The Hall–Kier alpha value is -2.64. The van der Waals surface area contributed by atoms with E-state index in [0.717, 1.165) is 12.1 Å². The van der Waals surface area contributed by atoms with Crippen LogP contribution in [0.2, 0.25) is 10.0 Å². The maximum atomic E-state index is 11.9. The molecule has 24 heavy (non-hydrogen) atoms. The van der Waals surface area contributed by atoms with Gasteiger partial charge in [-0.15, -0.1) is 0 Å². The molecule has 0 heterocycles. The van der Waals surface area contributed by atoms with Crippen molar-refractivity contribution in [2.75, 3.05) is 11.9 Å². The number of nitrogens with one attached hydrogen (secondary N) is 1. The number of hydrogen-bond acceptors (Lipinski definition) is 5. The first-order chi connectivity index (χ1) is 11.4. The van der Waals surface area contributed by atoms with E-state index in [4.69, 9.17) is 27.9 Å². The molecular formula is C15H10Cl2N2O5. The van der Waals surface area contributed by atoms with E-state index in [9.17, 15) is 19.7 Å². The second kappa shape index (κ2) is 7.76. The Bertz CT molecular complexity index is 793. The summed E-state index contributed by atoms with van der Waals surface area (Å²) in [5, 5.41) is 13.5. The predicted octanol–water partition coefficient (Wildman–Crippen LogP) is 3.70. The van der Waals surface area contributed by atoms with Crippen molar-refractivity contribution in [1.82, 2.24) is 0 Å². The van der Waals surface area contributed by atoms with Crippen LogP contribution in [0.4, 0.5) is 11.4 Å². The van der Waals surface area contributed by atoms with E-state index in [1.54, 1.807) is 24.3 Å². The number of rotatable bonds is 5. The van der Waals surface area contributed by atoms with Crippen molar-refractivity contribution < 1.29 is 19.2 Å². The number of ether oxygens (including phenoxy) is 1. The molecule has 2 rings (SSSR count). The summed E-state index contributed by atoms with van der Waals surface area (Å²) in [6.07, 6.45) is 0. The number of anilines is 1. The topological polar surface area (TPSA) is 98.5 Å². The lowest BCUT2D eigenvalue weighted by Gasteiger charge is -2.07. The molecule has 0 fully saturated rings. The number of halogens is 2. The third-order valence-corrected chi connectivity index (χ3v) is 3.41. The lowest BCUT2D eigenvalue weighted by Crippen LogP contribution is -2.21. The molecule has 0 aliphatic rings. The SMILES string of the molecule is O=C(COC(=O)c1ccc([N+](=O)[O-])cc1Cl)Nc1ccc(Cl)cc1. The molecular weight excluding hydrogens is 359 g/mol. The van der Waals surface area contributed by atoms with Crippen LogP contribution in [0, 0.1) is 10.1 Å². The molecule has 0 atom stereocenters. The summed E-state index contributed by atoms with van der Waals surface area (Å²) in [5.74, 6) is -1.41. The Kier molecular flexibility index (Phi) is 5.73. The molecule has 2 aromatic rings. The molecule has 0 aromatic heterocycles. The minimum atomic E-state index is -0.860. The van der Waals surface area contributed by atoms with Crippen molar-refractivity contribution in [3.05, 3.63) is 68.2 Å².